The molecule has 0 radical (unpaired) electrons. The normalized spacial score (nSPS) is 10.9. The zero-order valence-electron chi connectivity index (χ0n) is 15.2. The molecule has 0 saturated heterocycles. The highest BCUT2D eigenvalue weighted by Gasteiger charge is 2.14. The molecule has 0 atom stereocenters. The summed E-state index contributed by atoms with van der Waals surface area (Å²) in [5.41, 5.74) is 0.464. The van der Waals surface area contributed by atoms with Crippen LogP contribution in [0.25, 0.3) is 0 Å². The molecule has 1 heterocycles. The Morgan fingerprint density at radius 2 is 1.82 bits per heavy atom. The number of hydrogen-bond acceptors (Lipinski definition) is 3. The first-order chi connectivity index (χ1) is 13.3. The van der Waals surface area contributed by atoms with Gasteiger partial charge < -0.3 is 9.88 Å². The van der Waals surface area contributed by atoms with E-state index >= 15 is 0 Å². The summed E-state index contributed by atoms with van der Waals surface area (Å²) in [6.45, 7) is 3.32. The van der Waals surface area contributed by atoms with Crippen LogP contribution in [0, 0.1) is 30.2 Å². The van der Waals surface area contributed by atoms with Gasteiger partial charge in [0.05, 0.1) is 6.54 Å². The molecule has 1 N–H and O–H groups in total. The second kappa shape index (κ2) is 7.84. The van der Waals surface area contributed by atoms with Crippen molar-refractivity contribution in [1.29, 1.82) is 0 Å². The topological polar surface area (TPSA) is 46.9 Å². The zero-order valence-corrected chi connectivity index (χ0v) is 15.2. The second-order valence-corrected chi connectivity index (χ2v) is 6.33. The van der Waals surface area contributed by atoms with Gasteiger partial charge in [-0.15, -0.1) is 0 Å². The van der Waals surface area contributed by atoms with E-state index in [4.69, 9.17) is 0 Å². The van der Waals surface area contributed by atoms with E-state index in [0.717, 1.165) is 12.3 Å². The third-order valence-electron chi connectivity index (χ3n) is 4.30. The minimum atomic E-state index is -1.10. The van der Waals surface area contributed by atoms with Crippen LogP contribution in [0.1, 0.15) is 23.6 Å². The Bertz CT molecular complexity index is 1100. The van der Waals surface area contributed by atoms with Gasteiger partial charge in [0.15, 0.2) is 11.6 Å². The highest BCUT2D eigenvalue weighted by molar-refractivity contribution is 5.58. The number of halogens is 4. The van der Waals surface area contributed by atoms with Crippen molar-refractivity contribution in [3.63, 3.8) is 0 Å². The summed E-state index contributed by atoms with van der Waals surface area (Å²) in [7, 11) is 0. The van der Waals surface area contributed by atoms with Gasteiger partial charge in [-0.1, -0.05) is 19.1 Å². The number of aromatic nitrogens is 2. The van der Waals surface area contributed by atoms with Crippen molar-refractivity contribution in [1.82, 2.24) is 9.55 Å². The molecule has 0 aliphatic heterocycles. The lowest BCUT2D eigenvalue weighted by Gasteiger charge is -2.16. The summed E-state index contributed by atoms with van der Waals surface area (Å²) >= 11 is 0. The molecule has 0 spiro atoms. The van der Waals surface area contributed by atoms with Gasteiger partial charge in [-0.25, -0.2) is 13.2 Å². The number of hydrogen-bond donors (Lipinski definition) is 1. The molecular formula is C20H17F4N3O. The van der Waals surface area contributed by atoms with E-state index in [-0.39, 0.29) is 24.5 Å². The fraction of sp³-hybridized carbons (Fsp3) is 0.200. The molecule has 2 aromatic carbocycles. The number of nitrogens with zero attached hydrogens (tertiary/aromatic N) is 2. The van der Waals surface area contributed by atoms with Crippen molar-refractivity contribution in [3.05, 3.63) is 86.8 Å². The summed E-state index contributed by atoms with van der Waals surface area (Å²) < 4.78 is 56.2. The van der Waals surface area contributed by atoms with Gasteiger partial charge in [-0.3, -0.25) is 4.79 Å². The molecule has 0 aliphatic carbocycles. The Balaban J connectivity index is 2.04. The van der Waals surface area contributed by atoms with E-state index in [2.05, 4.69) is 10.3 Å². The Kier molecular flexibility index (Phi) is 5.48. The van der Waals surface area contributed by atoms with Crippen LogP contribution in [0.5, 0.6) is 0 Å². The lowest BCUT2D eigenvalue weighted by atomic mass is 10.1. The zero-order chi connectivity index (χ0) is 20.4. The molecular weight excluding hydrogens is 374 g/mol. The van der Waals surface area contributed by atoms with Crippen molar-refractivity contribution >= 4 is 11.6 Å². The van der Waals surface area contributed by atoms with Crippen LogP contribution in [0.2, 0.25) is 0 Å². The fourth-order valence-electron chi connectivity index (χ4n) is 2.79. The van der Waals surface area contributed by atoms with Crippen LogP contribution in [-0.2, 0) is 13.0 Å². The van der Waals surface area contributed by atoms with E-state index in [1.165, 1.54) is 28.8 Å². The third-order valence-corrected chi connectivity index (χ3v) is 4.30. The average Bonchev–Trinajstić information content (AvgIpc) is 2.65. The Morgan fingerprint density at radius 1 is 1.07 bits per heavy atom. The van der Waals surface area contributed by atoms with Crippen molar-refractivity contribution < 1.29 is 17.6 Å². The van der Waals surface area contributed by atoms with Gasteiger partial charge in [-0.05, 0) is 48.2 Å². The highest BCUT2D eigenvalue weighted by Crippen LogP contribution is 2.22. The van der Waals surface area contributed by atoms with Crippen LogP contribution in [-0.4, -0.2) is 9.55 Å². The van der Waals surface area contributed by atoms with Crippen molar-refractivity contribution in [3.8, 4) is 0 Å². The van der Waals surface area contributed by atoms with E-state index in [1.807, 2.05) is 0 Å². The molecule has 0 bridgehead atoms. The van der Waals surface area contributed by atoms with E-state index in [9.17, 15) is 22.4 Å². The first kappa shape index (κ1) is 19.6. The van der Waals surface area contributed by atoms with Crippen molar-refractivity contribution in [2.45, 2.75) is 26.8 Å². The van der Waals surface area contributed by atoms with Gasteiger partial charge in [0.1, 0.15) is 5.82 Å². The first-order valence-electron chi connectivity index (χ1n) is 8.55. The maximum absolute atomic E-state index is 13.8. The smallest absolute Gasteiger partial charge is 0.310 e. The second-order valence-electron chi connectivity index (χ2n) is 6.33. The van der Waals surface area contributed by atoms with Gasteiger partial charge in [0.25, 0.3) is 0 Å². The van der Waals surface area contributed by atoms with Gasteiger partial charge in [-0.2, -0.15) is 9.37 Å². The standard InChI is InChI=1S/C20H17F4N3O/c1-3-13-6-12(7-15(22)18(13)24)9-27-10-16(23)19(28)26-20(27)25-17-8-14(21)5-4-11(17)2/h4-8,10H,3,9H2,1-2H3,(H,25,26,28). The molecule has 8 heteroatoms. The molecule has 0 saturated carbocycles. The van der Waals surface area contributed by atoms with Crippen LogP contribution in [0.15, 0.2) is 41.3 Å². The van der Waals surface area contributed by atoms with Crippen LogP contribution >= 0.6 is 0 Å². The maximum atomic E-state index is 13.8. The van der Waals surface area contributed by atoms with Crippen LogP contribution < -0.4 is 10.9 Å². The summed E-state index contributed by atoms with van der Waals surface area (Å²) in [5.74, 6) is -3.59. The number of rotatable bonds is 5. The van der Waals surface area contributed by atoms with Crippen molar-refractivity contribution in [2.75, 3.05) is 5.32 Å². The van der Waals surface area contributed by atoms with Gasteiger partial charge >= 0.3 is 5.56 Å². The minimum Gasteiger partial charge on any atom is -0.325 e. The predicted octanol–water partition coefficient (Wildman–Crippen LogP) is 4.46. The molecule has 0 unspecified atom stereocenters. The van der Waals surface area contributed by atoms with E-state index in [0.29, 0.717) is 16.8 Å². The molecule has 0 aliphatic rings. The highest BCUT2D eigenvalue weighted by atomic mass is 19.2. The first-order valence-corrected chi connectivity index (χ1v) is 8.55. The van der Waals surface area contributed by atoms with Crippen LogP contribution in [0.3, 0.4) is 0 Å². The third kappa shape index (κ3) is 4.05. The number of nitrogens with one attached hydrogen (secondary N) is 1. The van der Waals surface area contributed by atoms with Crippen molar-refractivity contribution in [2.24, 2.45) is 0 Å². The monoisotopic (exact) mass is 391 g/mol. The van der Waals surface area contributed by atoms with Crippen LogP contribution in [0.4, 0.5) is 29.2 Å². The van der Waals surface area contributed by atoms with Gasteiger partial charge in [0.2, 0.25) is 11.8 Å². The largest absolute Gasteiger partial charge is 0.325 e. The molecule has 146 valence electrons. The lowest BCUT2D eigenvalue weighted by Crippen LogP contribution is -2.20. The molecule has 28 heavy (non-hydrogen) atoms. The Hall–Kier alpha value is -3.16. The summed E-state index contributed by atoms with van der Waals surface area (Å²) in [4.78, 5) is 15.3. The Labute approximate surface area is 158 Å². The SMILES string of the molecule is CCc1cc(Cn2cc(F)c(=O)nc2Nc2cc(F)ccc2C)cc(F)c1F. The fourth-order valence-corrected chi connectivity index (χ4v) is 2.79. The molecule has 0 amide bonds. The molecule has 0 fully saturated rings. The molecule has 4 nitrogen and oxygen atoms in total. The lowest BCUT2D eigenvalue weighted by molar-refractivity contribution is 0.497. The van der Waals surface area contributed by atoms with Gasteiger partial charge in [0, 0.05) is 11.9 Å². The maximum Gasteiger partial charge on any atom is 0.310 e. The minimum absolute atomic E-state index is 0.0529. The average molecular weight is 391 g/mol. The van der Waals surface area contributed by atoms with E-state index < -0.39 is 28.8 Å². The predicted molar refractivity (Wildman–Crippen MR) is 97.7 cm³/mol. The Morgan fingerprint density at radius 3 is 2.54 bits per heavy atom. The molecule has 3 rings (SSSR count). The quantitative estimate of drug-likeness (QED) is 0.653. The summed E-state index contributed by atoms with van der Waals surface area (Å²) in [6, 6.07) is 6.49. The molecule has 3 aromatic rings. The molecule has 1 aromatic heterocycles. The number of aryl methyl sites for hydroxylation is 2. The summed E-state index contributed by atoms with van der Waals surface area (Å²) in [6.07, 6.45) is 1.19. The number of anilines is 2. The summed E-state index contributed by atoms with van der Waals surface area (Å²) in [5, 5.41) is 2.80. The van der Waals surface area contributed by atoms with E-state index in [1.54, 1.807) is 13.8 Å². The number of benzene rings is 2.